The standard InChI is InChI=1S/C42H24N4S/c1-2-9-29-23-30(18-14-25(29)7-1)39-44-40(31-19-17-27-16-15-26-8-3-4-11-32(26)36(27)24-31)46-41(45-39)35-12-5-10-28-20-21-33-34-13-6-22-43-42(34)47-38(33)37(28)35/h1-24H. The Hall–Kier alpha value is -6.04. The van der Waals surface area contributed by atoms with Crippen LogP contribution in [0.3, 0.4) is 0 Å². The summed E-state index contributed by atoms with van der Waals surface area (Å²) in [6.45, 7) is 0. The first-order valence-corrected chi connectivity index (χ1v) is 16.4. The van der Waals surface area contributed by atoms with E-state index in [1.54, 1.807) is 11.3 Å². The lowest BCUT2D eigenvalue weighted by Crippen LogP contribution is -2.00. The van der Waals surface area contributed by atoms with Crippen LogP contribution in [-0.4, -0.2) is 19.9 Å². The second-order valence-corrected chi connectivity index (χ2v) is 12.9. The van der Waals surface area contributed by atoms with Crippen LogP contribution in [0.1, 0.15) is 0 Å². The van der Waals surface area contributed by atoms with E-state index in [2.05, 4.69) is 138 Å². The highest BCUT2D eigenvalue weighted by molar-refractivity contribution is 7.26. The first-order valence-electron chi connectivity index (χ1n) is 15.6. The zero-order chi connectivity index (χ0) is 30.9. The van der Waals surface area contributed by atoms with E-state index in [-0.39, 0.29) is 0 Å². The van der Waals surface area contributed by atoms with Crippen molar-refractivity contribution < 1.29 is 0 Å². The van der Waals surface area contributed by atoms with Gasteiger partial charge >= 0.3 is 0 Å². The van der Waals surface area contributed by atoms with Gasteiger partial charge in [-0.3, -0.25) is 0 Å². The van der Waals surface area contributed by atoms with Crippen molar-refractivity contribution in [3.63, 3.8) is 0 Å². The zero-order valence-electron chi connectivity index (χ0n) is 25.1. The molecule has 0 bridgehead atoms. The molecule has 0 fully saturated rings. The highest BCUT2D eigenvalue weighted by atomic mass is 32.1. The zero-order valence-corrected chi connectivity index (χ0v) is 25.9. The van der Waals surface area contributed by atoms with Gasteiger partial charge in [0, 0.05) is 43.7 Å². The van der Waals surface area contributed by atoms with Gasteiger partial charge in [0.15, 0.2) is 17.5 Å². The number of hydrogen-bond donors (Lipinski definition) is 0. The lowest BCUT2D eigenvalue weighted by atomic mass is 9.99. The third kappa shape index (κ3) is 4.21. The topological polar surface area (TPSA) is 51.6 Å². The van der Waals surface area contributed by atoms with Crippen molar-refractivity contribution in [1.82, 2.24) is 19.9 Å². The minimum atomic E-state index is 0.648. The number of benzene rings is 7. The molecular formula is C42H24N4S. The Morgan fingerprint density at radius 1 is 0.404 bits per heavy atom. The number of hydrogen-bond acceptors (Lipinski definition) is 5. The van der Waals surface area contributed by atoms with Gasteiger partial charge in [0.25, 0.3) is 0 Å². The molecule has 3 aromatic heterocycles. The minimum absolute atomic E-state index is 0.648. The summed E-state index contributed by atoms with van der Waals surface area (Å²) in [4.78, 5) is 21.3. The molecule has 0 spiro atoms. The van der Waals surface area contributed by atoms with Crippen molar-refractivity contribution >= 4 is 74.7 Å². The van der Waals surface area contributed by atoms with E-state index in [1.807, 2.05) is 12.3 Å². The summed E-state index contributed by atoms with van der Waals surface area (Å²) < 4.78 is 1.19. The molecule has 0 saturated carbocycles. The van der Waals surface area contributed by atoms with E-state index in [0.29, 0.717) is 17.5 Å². The highest BCUT2D eigenvalue weighted by Crippen LogP contribution is 2.41. The predicted octanol–water partition coefficient (Wildman–Crippen LogP) is 11.2. The fourth-order valence-corrected chi connectivity index (χ4v) is 8.06. The smallest absolute Gasteiger partial charge is 0.164 e. The maximum atomic E-state index is 5.23. The molecule has 0 aliphatic heterocycles. The molecule has 0 aliphatic carbocycles. The van der Waals surface area contributed by atoms with Crippen LogP contribution < -0.4 is 0 Å². The summed E-state index contributed by atoms with van der Waals surface area (Å²) in [5.41, 5.74) is 2.89. The minimum Gasteiger partial charge on any atom is -0.245 e. The second kappa shape index (κ2) is 10.2. The highest BCUT2D eigenvalue weighted by Gasteiger charge is 2.18. The molecule has 218 valence electrons. The Labute approximate surface area is 273 Å². The van der Waals surface area contributed by atoms with Crippen LogP contribution in [0.2, 0.25) is 0 Å². The third-order valence-electron chi connectivity index (χ3n) is 9.15. The van der Waals surface area contributed by atoms with Crippen molar-refractivity contribution in [2.75, 3.05) is 0 Å². The van der Waals surface area contributed by atoms with Crippen LogP contribution in [0.4, 0.5) is 0 Å². The normalized spacial score (nSPS) is 11.8. The molecule has 0 aliphatic rings. The number of pyridine rings is 1. The SMILES string of the molecule is c1ccc2cc(-c3nc(-c4ccc5ccc6ccccc6c5c4)nc(-c4cccc5ccc6c7cccnc7sc6c45)n3)ccc2c1. The average molecular weight is 617 g/mol. The largest absolute Gasteiger partial charge is 0.245 e. The summed E-state index contributed by atoms with van der Waals surface area (Å²) in [7, 11) is 0. The maximum Gasteiger partial charge on any atom is 0.164 e. The lowest BCUT2D eigenvalue weighted by Gasteiger charge is -2.12. The van der Waals surface area contributed by atoms with Gasteiger partial charge in [-0.25, -0.2) is 19.9 Å². The van der Waals surface area contributed by atoms with Crippen LogP contribution in [0.15, 0.2) is 146 Å². The number of rotatable bonds is 3. The summed E-state index contributed by atoms with van der Waals surface area (Å²) in [5, 5.41) is 11.8. The Kier molecular flexibility index (Phi) is 5.71. The number of nitrogens with zero attached hydrogens (tertiary/aromatic N) is 4. The summed E-state index contributed by atoms with van der Waals surface area (Å²) in [6.07, 6.45) is 1.86. The monoisotopic (exact) mass is 616 g/mol. The van der Waals surface area contributed by atoms with Crippen LogP contribution in [0.5, 0.6) is 0 Å². The van der Waals surface area contributed by atoms with E-state index in [4.69, 9.17) is 15.0 Å². The van der Waals surface area contributed by atoms with Crippen LogP contribution in [-0.2, 0) is 0 Å². The van der Waals surface area contributed by atoms with E-state index in [1.165, 1.54) is 42.4 Å². The van der Waals surface area contributed by atoms with Crippen molar-refractivity contribution in [3.8, 4) is 34.2 Å². The lowest BCUT2D eigenvalue weighted by molar-refractivity contribution is 1.08. The Bertz CT molecular complexity index is 2870. The molecule has 47 heavy (non-hydrogen) atoms. The van der Waals surface area contributed by atoms with Crippen LogP contribution in [0.25, 0.3) is 97.6 Å². The molecule has 0 unspecified atom stereocenters. The molecule has 5 heteroatoms. The third-order valence-corrected chi connectivity index (χ3v) is 10.3. The Morgan fingerprint density at radius 3 is 1.91 bits per heavy atom. The first-order chi connectivity index (χ1) is 23.3. The fourth-order valence-electron chi connectivity index (χ4n) is 6.85. The van der Waals surface area contributed by atoms with Gasteiger partial charge in [0.05, 0.1) is 0 Å². The molecule has 3 heterocycles. The molecule has 4 nitrogen and oxygen atoms in total. The van der Waals surface area contributed by atoms with E-state index >= 15 is 0 Å². The maximum absolute atomic E-state index is 5.23. The van der Waals surface area contributed by atoms with Crippen LogP contribution >= 0.6 is 11.3 Å². The number of thiophene rings is 1. The molecule has 0 amide bonds. The van der Waals surface area contributed by atoms with E-state index in [9.17, 15) is 0 Å². The Morgan fingerprint density at radius 2 is 1.04 bits per heavy atom. The number of fused-ring (bicyclic) bond motifs is 9. The summed E-state index contributed by atoms with van der Waals surface area (Å²) >= 11 is 1.72. The summed E-state index contributed by atoms with van der Waals surface area (Å²) in [5.74, 6) is 1.95. The second-order valence-electron chi connectivity index (χ2n) is 11.9. The molecule has 0 atom stereocenters. The fraction of sp³-hybridized carbons (Fsp3) is 0. The molecule has 10 rings (SSSR count). The van der Waals surface area contributed by atoms with Gasteiger partial charge in [-0.15, -0.1) is 11.3 Å². The van der Waals surface area contributed by atoms with E-state index < -0.39 is 0 Å². The summed E-state index contributed by atoms with van der Waals surface area (Å²) in [6, 6.07) is 49.2. The van der Waals surface area contributed by atoms with Gasteiger partial charge in [-0.1, -0.05) is 115 Å². The quantitative estimate of drug-likeness (QED) is 0.185. The average Bonchev–Trinajstić information content (AvgIpc) is 3.53. The van der Waals surface area contributed by atoms with E-state index in [0.717, 1.165) is 37.7 Å². The van der Waals surface area contributed by atoms with Crippen molar-refractivity contribution in [2.24, 2.45) is 0 Å². The van der Waals surface area contributed by atoms with Crippen LogP contribution in [0, 0.1) is 0 Å². The van der Waals surface area contributed by atoms with Gasteiger partial charge in [0.2, 0.25) is 0 Å². The van der Waals surface area contributed by atoms with Gasteiger partial charge < -0.3 is 0 Å². The van der Waals surface area contributed by atoms with Gasteiger partial charge in [0.1, 0.15) is 4.83 Å². The molecule has 0 saturated heterocycles. The van der Waals surface area contributed by atoms with Gasteiger partial charge in [-0.2, -0.15) is 0 Å². The molecular weight excluding hydrogens is 593 g/mol. The van der Waals surface area contributed by atoms with Crippen molar-refractivity contribution in [2.45, 2.75) is 0 Å². The molecule has 10 aromatic rings. The molecule has 7 aromatic carbocycles. The molecule has 0 radical (unpaired) electrons. The molecule has 0 N–H and O–H groups in total. The first kappa shape index (κ1) is 26.2. The number of aromatic nitrogens is 4. The van der Waals surface area contributed by atoms with Crippen molar-refractivity contribution in [1.29, 1.82) is 0 Å². The van der Waals surface area contributed by atoms with Gasteiger partial charge in [-0.05, 0) is 62.0 Å². The predicted molar refractivity (Wildman–Crippen MR) is 197 cm³/mol. The van der Waals surface area contributed by atoms with Crippen molar-refractivity contribution in [3.05, 3.63) is 146 Å². The Balaban J connectivity index is 1.26.